The van der Waals surface area contributed by atoms with Crippen molar-refractivity contribution in [2.24, 2.45) is 0 Å². The van der Waals surface area contributed by atoms with E-state index in [9.17, 15) is 9.59 Å². The number of likely N-dealkylation sites (N-methyl/N-ethyl adjacent to an activating group) is 1. The molecule has 0 unspecified atom stereocenters. The van der Waals surface area contributed by atoms with Gasteiger partial charge in [0.15, 0.2) is 11.5 Å². The third-order valence-electron chi connectivity index (χ3n) is 6.59. The maximum atomic E-state index is 15.2. The SMILES string of the molecule is C=CCn1c(=O)c2cnc(Nc3cc(F)c(N4CCN(C)CC4)c(Cl)c3)nc2n1-c1ccc(=O)n(C(C)C)n1. The van der Waals surface area contributed by atoms with E-state index < -0.39 is 5.82 Å². The van der Waals surface area contributed by atoms with E-state index in [1.54, 1.807) is 12.1 Å². The van der Waals surface area contributed by atoms with Crippen LogP contribution in [0.15, 0.2) is 52.7 Å². The van der Waals surface area contributed by atoms with Crippen LogP contribution in [0, 0.1) is 5.82 Å². The van der Waals surface area contributed by atoms with Gasteiger partial charge in [0.2, 0.25) is 5.95 Å². The van der Waals surface area contributed by atoms with Crippen LogP contribution in [-0.2, 0) is 6.54 Å². The molecule has 1 aliphatic rings. The van der Waals surface area contributed by atoms with Crippen molar-refractivity contribution in [1.29, 1.82) is 0 Å². The minimum atomic E-state index is -0.454. The van der Waals surface area contributed by atoms with Gasteiger partial charge >= 0.3 is 0 Å². The largest absolute Gasteiger partial charge is 0.365 e. The predicted octanol–water partition coefficient (Wildman–Crippen LogP) is 3.19. The van der Waals surface area contributed by atoms with Crippen molar-refractivity contribution in [2.45, 2.75) is 26.4 Å². The fourth-order valence-corrected chi connectivity index (χ4v) is 4.93. The summed E-state index contributed by atoms with van der Waals surface area (Å²) in [5, 5.41) is 7.99. The van der Waals surface area contributed by atoms with Crippen molar-refractivity contribution >= 4 is 40.0 Å². The Bertz CT molecular complexity index is 1650. The molecule has 5 rings (SSSR count). The molecule has 1 N–H and O–H groups in total. The number of halogens is 2. The van der Waals surface area contributed by atoms with Crippen molar-refractivity contribution in [3.8, 4) is 5.82 Å². The predicted molar refractivity (Wildman–Crippen MR) is 150 cm³/mol. The summed E-state index contributed by atoms with van der Waals surface area (Å²) in [6, 6.07) is 5.70. The monoisotopic (exact) mass is 553 g/mol. The summed E-state index contributed by atoms with van der Waals surface area (Å²) in [6.07, 6.45) is 2.98. The lowest BCUT2D eigenvalue weighted by Gasteiger charge is -2.34. The Hall–Kier alpha value is -4.03. The van der Waals surface area contributed by atoms with E-state index in [0.717, 1.165) is 13.1 Å². The maximum absolute atomic E-state index is 15.2. The zero-order chi connectivity index (χ0) is 27.8. The van der Waals surface area contributed by atoms with Gasteiger partial charge in [-0.1, -0.05) is 17.7 Å². The number of benzene rings is 1. The standard InChI is InChI=1S/C26H29ClFN9O2/c1-5-8-35-25(39)18-15-29-26(31-24(18)37(35)21-6-7-22(38)36(32-21)16(2)3)30-17-13-19(27)23(20(28)14-17)34-11-9-33(4)10-12-34/h5-7,13-16H,1,8-12H2,2-4H3,(H,29,30,31). The Morgan fingerprint density at radius 2 is 1.92 bits per heavy atom. The second-order valence-electron chi connectivity index (χ2n) is 9.69. The van der Waals surface area contributed by atoms with Gasteiger partial charge in [0.1, 0.15) is 11.2 Å². The Labute approximate surface area is 228 Å². The normalized spacial score (nSPS) is 14.4. The Morgan fingerprint density at radius 1 is 1.18 bits per heavy atom. The van der Waals surface area contributed by atoms with Gasteiger partial charge in [-0.2, -0.15) is 4.98 Å². The van der Waals surface area contributed by atoms with E-state index in [2.05, 4.69) is 31.9 Å². The molecule has 0 amide bonds. The number of hydrogen-bond acceptors (Lipinski definition) is 8. The minimum Gasteiger partial charge on any atom is -0.365 e. The first-order chi connectivity index (χ1) is 18.7. The first-order valence-corrected chi connectivity index (χ1v) is 12.9. The van der Waals surface area contributed by atoms with Crippen LogP contribution in [0.3, 0.4) is 0 Å². The van der Waals surface area contributed by atoms with Crippen LogP contribution in [0.5, 0.6) is 0 Å². The summed E-state index contributed by atoms with van der Waals surface area (Å²) in [5.41, 5.74) is 0.389. The van der Waals surface area contributed by atoms with E-state index in [4.69, 9.17) is 11.6 Å². The molecule has 0 aliphatic carbocycles. The van der Waals surface area contributed by atoms with E-state index in [-0.39, 0.29) is 45.7 Å². The molecule has 0 saturated carbocycles. The molecule has 0 bridgehead atoms. The van der Waals surface area contributed by atoms with Crippen molar-refractivity contribution in [3.05, 3.63) is 74.7 Å². The third-order valence-corrected chi connectivity index (χ3v) is 6.88. The van der Waals surface area contributed by atoms with E-state index in [0.29, 0.717) is 30.3 Å². The average molecular weight is 554 g/mol. The summed E-state index contributed by atoms with van der Waals surface area (Å²) in [4.78, 5) is 38.5. The van der Waals surface area contributed by atoms with Crippen molar-refractivity contribution < 1.29 is 4.39 Å². The Balaban J connectivity index is 1.56. The van der Waals surface area contributed by atoms with E-state index in [1.807, 2.05) is 25.8 Å². The molecular weight excluding hydrogens is 525 g/mol. The summed E-state index contributed by atoms with van der Waals surface area (Å²) < 4.78 is 19.5. The number of aromatic nitrogens is 6. The Morgan fingerprint density at radius 3 is 2.59 bits per heavy atom. The molecule has 0 radical (unpaired) electrons. The van der Waals surface area contributed by atoms with Gasteiger partial charge in [-0.15, -0.1) is 11.7 Å². The second kappa shape index (κ2) is 10.6. The lowest BCUT2D eigenvalue weighted by Crippen LogP contribution is -2.44. The quantitative estimate of drug-likeness (QED) is 0.348. The molecule has 4 heterocycles. The van der Waals surface area contributed by atoms with Crippen LogP contribution in [0.1, 0.15) is 19.9 Å². The van der Waals surface area contributed by atoms with Gasteiger partial charge in [-0.05, 0) is 39.1 Å². The molecular formula is C26H29ClFN9O2. The number of rotatable bonds is 7. The van der Waals surface area contributed by atoms with Crippen molar-refractivity contribution in [3.63, 3.8) is 0 Å². The second-order valence-corrected chi connectivity index (χ2v) is 10.1. The number of anilines is 3. The molecule has 1 fully saturated rings. The van der Waals surface area contributed by atoms with Gasteiger partial charge in [-0.25, -0.2) is 23.4 Å². The average Bonchev–Trinajstić information content (AvgIpc) is 3.16. The fourth-order valence-electron chi connectivity index (χ4n) is 4.61. The van der Waals surface area contributed by atoms with Gasteiger partial charge in [0, 0.05) is 44.1 Å². The molecule has 1 aromatic carbocycles. The number of piperazine rings is 1. The first-order valence-electron chi connectivity index (χ1n) is 12.6. The number of nitrogens with one attached hydrogen (secondary N) is 1. The number of nitrogens with zero attached hydrogens (tertiary/aromatic N) is 8. The molecule has 11 nitrogen and oxygen atoms in total. The summed E-state index contributed by atoms with van der Waals surface area (Å²) in [7, 11) is 2.03. The molecule has 3 aromatic heterocycles. The van der Waals surface area contributed by atoms with Crippen LogP contribution >= 0.6 is 11.6 Å². The highest BCUT2D eigenvalue weighted by Crippen LogP contribution is 2.33. The molecule has 204 valence electrons. The molecule has 0 atom stereocenters. The van der Waals surface area contributed by atoms with Crippen LogP contribution in [0.25, 0.3) is 16.9 Å². The lowest BCUT2D eigenvalue weighted by atomic mass is 10.2. The summed E-state index contributed by atoms with van der Waals surface area (Å²) >= 11 is 6.51. The number of fused-ring (bicyclic) bond motifs is 1. The first kappa shape index (κ1) is 26.6. The Kier molecular flexibility index (Phi) is 7.23. The van der Waals surface area contributed by atoms with Crippen molar-refractivity contribution in [2.75, 3.05) is 43.4 Å². The smallest absolute Gasteiger partial charge is 0.278 e. The number of allylic oxidation sites excluding steroid dienone is 1. The molecule has 1 saturated heterocycles. The van der Waals surface area contributed by atoms with E-state index in [1.165, 1.54) is 38.4 Å². The maximum Gasteiger partial charge on any atom is 0.278 e. The molecule has 13 heteroatoms. The third kappa shape index (κ3) is 5.04. The van der Waals surface area contributed by atoms with Crippen LogP contribution in [0.4, 0.5) is 21.7 Å². The highest BCUT2D eigenvalue weighted by Gasteiger charge is 2.22. The topological polar surface area (TPSA) is 106 Å². The zero-order valence-electron chi connectivity index (χ0n) is 21.9. The van der Waals surface area contributed by atoms with Gasteiger partial charge in [0.25, 0.3) is 11.1 Å². The van der Waals surface area contributed by atoms with Crippen LogP contribution < -0.4 is 21.3 Å². The highest BCUT2D eigenvalue weighted by atomic mass is 35.5. The van der Waals surface area contributed by atoms with Gasteiger partial charge in [0.05, 0.1) is 23.3 Å². The van der Waals surface area contributed by atoms with Gasteiger partial charge in [-0.3, -0.25) is 9.59 Å². The highest BCUT2D eigenvalue weighted by molar-refractivity contribution is 6.33. The summed E-state index contributed by atoms with van der Waals surface area (Å²) in [6.45, 7) is 10.6. The zero-order valence-corrected chi connectivity index (χ0v) is 22.7. The molecule has 1 aliphatic heterocycles. The van der Waals surface area contributed by atoms with Gasteiger partial charge < -0.3 is 15.1 Å². The fraction of sp³-hybridized carbons (Fsp3) is 0.346. The van der Waals surface area contributed by atoms with Crippen LogP contribution in [0.2, 0.25) is 5.02 Å². The van der Waals surface area contributed by atoms with Crippen LogP contribution in [-0.4, -0.2) is 67.2 Å². The molecule has 0 spiro atoms. The van der Waals surface area contributed by atoms with Crippen molar-refractivity contribution in [1.82, 2.24) is 34.0 Å². The lowest BCUT2D eigenvalue weighted by molar-refractivity contribution is 0.312. The number of hydrogen-bond donors (Lipinski definition) is 1. The summed E-state index contributed by atoms with van der Waals surface area (Å²) in [5.74, 6) is 0.00401. The molecule has 39 heavy (non-hydrogen) atoms. The molecule has 4 aromatic rings. The van der Waals surface area contributed by atoms with E-state index >= 15 is 4.39 Å². The minimum absolute atomic E-state index is 0.131.